The molecule has 0 unspecified atom stereocenters. The summed E-state index contributed by atoms with van der Waals surface area (Å²) in [6, 6.07) is 7.57. The summed E-state index contributed by atoms with van der Waals surface area (Å²) in [5, 5.41) is 6.93. The van der Waals surface area contributed by atoms with Crippen LogP contribution in [0.3, 0.4) is 0 Å². The topological polar surface area (TPSA) is 52.6 Å². The maximum atomic E-state index is 8.31. The van der Waals surface area contributed by atoms with Crippen LogP contribution in [0.2, 0.25) is 0 Å². The molecular weight excluding hydrogens is 347 g/mol. The number of benzene rings is 1. The first-order valence-electron chi connectivity index (χ1n) is 4.82. The third kappa shape index (κ3) is 2.96. The molecule has 6 heteroatoms. The molecule has 0 spiro atoms. The van der Waals surface area contributed by atoms with Gasteiger partial charge in [0.15, 0.2) is 0 Å². The number of aromatic nitrogens is 1. The Labute approximate surface area is 121 Å². The van der Waals surface area contributed by atoms with Crippen molar-refractivity contribution in [2.45, 2.75) is 6.92 Å². The number of aryl methyl sites for hydroxylation is 1. The van der Waals surface area contributed by atoms with Crippen molar-refractivity contribution >= 4 is 17.0 Å². The van der Waals surface area contributed by atoms with Gasteiger partial charge < -0.3 is 24.0 Å². The lowest BCUT2D eigenvalue weighted by molar-refractivity contribution is -0.661. The third-order valence-corrected chi connectivity index (χ3v) is 3.45. The minimum atomic E-state index is 0. The van der Waals surface area contributed by atoms with Crippen molar-refractivity contribution in [3.63, 3.8) is 0 Å². The number of thiazole rings is 1. The van der Waals surface area contributed by atoms with Crippen molar-refractivity contribution in [2.24, 2.45) is 12.2 Å². The molecular formula is C11H11IN4S. The average molecular weight is 358 g/mol. The molecule has 1 aromatic carbocycles. The predicted molar refractivity (Wildman–Crippen MR) is 64.5 cm³/mol. The van der Waals surface area contributed by atoms with Gasteiger partial charge in [0.1, 0.15) is 7.05 Å². The molecule has 17 heavy (non-hydrogen) atoms. The largest absolute Gasteiger partial charge is 1.00 e. The molecule has 88 valence electrons. The van der Waals surface area contributed by atoms with Crippen molar-refractivity contribution in [1.82, 2.24) is 0 Å². The van der Waals surface area contributed by atoms with E-state index in [1.807, 2.05) is 31.3 Å². The smallest absolute Gasteiger partial charge is 0.234 e. The van der Waals surface area contributed by atoms with E-state index in [1.165, 1.54) is 10.7 Å². The van der Waals surface area contributed by atoms with Crippen LogP contribution in [0.15, 0.2) is 34.8 Å². The van der Waals surface area contributed by atoms with Gasteiger partial charge >= 0.3 is 0 Å². The lowest BCUT2D eigenvalue weighted by Crippen LogP contribution is -3.00. The fourth-order valence-electron chi connectivity index (χ4n) is 1.48. The number of rotatable bonds is 2. The molecule has 0 radical (unpaired) electrons. The third-order valence-electron chi connectivity index (χ3n) is 2.50. The molecule has 0 fully saturated rings. The summed E-state index contributed by atoms with van der Waals surface area (Å²) in [5.41, 5.74) is 11.3. The quantitative estimate of drug-likeness (QED) is 0.247. The Kier molecular flexibility index (Phi) is 4.92. The minimum absolute atomic E-state index is 0. The number of hydrogen-bond acceptors (Lipinski definition) is 2. The van der Waals surface area contributed by atoms with E-state index in [-0.39, 0.29) is 24.0 Å². The van der Waals surface area contributed by atoms with Gasteiger partial charge in [-0.25, -0.2) is 0 Å². The summed E-state index contributed by atoms with van der Waals surface area (Å²) in [7, 11) is 2.04. The number of hydrogen-bond donors (Lipinski definition) is 0. The van der Waals surface area contributed by atoms with E-state index in [0.717, 1.165) is 5.56 Å². The van der Waals surface area contributed by atoms with Crippen molar-refractivity contribution in [3.8, 4) is 11.3 Å². The van der Waals surface area contributed by atoms with Gasteiger partial charge in [0, 0.05) is 23.1 Å². The van der Waals surface area contributed by atoms with Crippen LogP contribution in [-0.2, 0) is 7.05 Å². The van der Waals surface area contributed by atoms with Gasteiger partial charge in [0.05, 0.1) is 5.38 Å². The molecule has 0 N–H and O–H groups in total. The van der Waals surface area contributed by atoms with Crippen LogP contribution >= 0.6 is 11.3 Å². The Balaban J connectivity index is 0.00000144. The summed E-state index contributed by atoms with van der Waals surface area (Å²) in [6.07, 6.45) is 0. The molecule has 1 heterocycles. The van der Waals surface area contributed by atoms with Gasteiger partial charge in [-0.05, 0) is 17.7 Å². The van der Waals surface area contributed by atoms with Gasteiger partial charge in [-0.3, -0.25) is 0 Å². The van der Waals surface area contributed by atoms with E-state index >= 15 is 0 Å². The lowest BCUT2D eigenvalue weighted by Gasteiger charge is -1.96. The highest BCUT2D eigenvalue weighted by molar-refractivity contribution is 7.09. The van der Waals surface area contributed by atoms with Crippen molar-refractivity contribution < 1.29 is 28.5 Å². The number of azide groups is 1. The SMILES string of the molecule is Cc1scc(-c2ccc(N=[N+]=[N-])cc2)[n+]1C.[I-]. The van der Waals surface area contributed by atoms with E-state index in [0.29, 0.717) is 5.69 Å². The maximum absolute atomic E-state index is 8.31. The molecule has 0 saturated carbocycles. The summed E-state index contributed by atoms with van der Waals surface area (Å²) < 4.78 is 2.15. The first-order valence-corrected chi connectivity index (χ1v) is 5.70. The normalized spacial score (nSPS) is 9.29. The van der Waals surface area contributed by atoms with Crippen molar-refractivity contribution in [2.75, 3.05) is 0 Å². The fourth-order valence-corrected chi connectivity index (χ4v) is 2.31. The summed E-state index contributed by atoms with van der Waals surface area (Å²) in [5.74, 6) is 0. The van der Waals surface area contributed by atoms with Crippen molar-refractivity contribution in [3.05, 3.63) is 45.1 Å². The van der Waals surface area contributed by atoms with E-state index in [4.69, 9.17) is 5.53 Å². The second-order valence-corrected chi connectivity index (χ2v) is 4.50. The summed E-state index contributed by atoms with van der Waals surface area (Å²) in [4.78, 5) is 2.75. The Morgan fingerprint density at radius 2 is 1.94 bits per heavy atom. The van der Waals surface area contributed by atoms with Crippen LogP contribution in [0.1, 0.15) is 5.01 Å². The highest BCUT2D eigenvalue weighted by Gasteiger charge is 2.13. The molecule has 1 aromatic heterocycles. The number of halogens is 1. The Morgan fingerprint density at radius 1 is 1.29 bits per heavy atom. The second kappa shape index (κ2) is 6.00. The zero-order valence-corrected chi connectivity index (χ0v) is 12.4. The highest BCUT2D eigenvalue weighted by Crippen LogP contribution is 2.22. The van der Waals surface area contributed by atoms with Gasteiger partial charge in [0.25, 0.3) is 0 Å². The molecule has 0 saturated heterocycles. The summed E-state index contributed by atoms with van der Waals surface area (Å²) in [6.45, 7) is 2.09. The van der Waals surface area contributed by atoms with Crippen LogP contribution in [0.5, 0.6) is 0 Å². The first kappa shape index (κ1) is 14.0. The molecule has 2 aromatic rings. The Bertz CT molecular complexity index is 555. The molecule has 0 amide bonds. The molecule has 4 nitrogen and oxygen atoms in total. The average Bonchev–Trinajstić information content (AvgIpc) is 2.62. The van der Waals surface area contributed by atoms with Crippen LogP contribution in [0, 0.1) is 6.92 Å². The molecule has 2 rings (SSSR count). The van der Waals surface area contributed by atoms with E-state index < -0.39 is 0 Å². The predicted octanol–water partition coefficient (Wildman–Crippen LogP) is 0.494. The van der Waals surface area contributed by atoms with E-state index in [9.17, 15) is 0 Å². The van der Waals surface area contributed by atoms with Crippen LogP contribution in [0.4, 0.5) is 5.69 Å². The minimum Gasteiger partial charge on any atom is -1.00 e. The van der Waals surface area contributed by atoms with Gasteiger partial charge in [-0.15, -0.1) is 0 Å². The molecule has 0 aliphatic rings. The van der Waals surface area contributed by atoms with Gasteiger partial charge in [-0.2, -0.15) is 4.57 Å². The Hall–Kier alpha value is -1.11. The van der Waals surface area contributed by atoms with E-state index in [1.54, 1.807) is 11.3 Å². The zero-order chi connectivity index (χ0) is 11.5. The molecule has 0 atom stereocenters. The molecule has 0 aliphatic carbocycles. The van der Waals surface area contributed by atoms with Crippen molar-refractivity contribution in [1.29, 1.82) is 0 Å². The van der Waals surface area contributed by atoms with Crippen LogP contribution < -0.4 is 28.5 Å². The van der Waals surface area contributed by atoms with Gasteiger partial charge in [-0.1, -0.05) is 28.6 Å². The van der Waals surface area contributed by atoms with E-state index in [2.05, 4.69) is 26.9 Å². The zero-order valence-electron chi connectivity index (χ0n) is 9.46. The lowest BCUT2D eigenvalue weighted by atomic mass is 10.1. The maximum Gasteiger partial charge on any atom is 0.234 e. The molecule has 0 aliphatic heterocycles. The van der Waals surface area contributed by atoms with Gasteiger partial charge in [0.2, 0.25) is 10.7 Å². The number of nitrogens with zero attached hydrogens (tertiary/aromatic N) is 4. The highest BCUT2D eigenvalue weighted by atomic mass is 127. The summed E-state index contributed by atoms with van der Waals surface area (Å²) >= 11 is 1.72. The second-order valence-electron chi connectivity index (χ2n) is 3.44. The van der Waals surface area contributed by atoms with Crippen LogP contribution in [0.25, 0.3) is 21.7 Å². The van der Waals surface area contributed by atoms with Crippen LogP contribution in [-0.4, -0.2) is 0 Å². The molecule has 0 bridgehead atoms. The standard InChI is InChI=1S/C11H11N4S.HI/c1-8-15(2)11(7-16-8)9-3-5-10(6-4-9)13-14-12;/h3-7H,1-2H3;1H/q+1;/p-1. The monoisotopic (exact) mass is 358 g/mol. The fraction of sp³-hybridized carbons (Fsp3) is 0.182. The Morgan fingerprint density at radius 3 is 2.41 bits per heavy atom. The first-order chi connectivity index (χ1) is 7.72.